The Morgan fingerprint density at radius 3 is 2.38 bits per heavy atom. The number of benzene rings is 2. The molecule has 3 N–H and O–H groups in total. The molecule has 0 bridgehead atoms. The molecule has 0 aliphatic heterocycles. The van der Waals surface area contributed by atoms with E-state index in [1.165, 1.54) is 36.4 Å². The Kier molecular flexibility index (Phi) is 7.82. The average Bonchev–Trinajstić information content (AvgIpc) is 2.70. The van der Waals surface area contributed by atoms with Crippen LogP contribution in [0.4, 0.5) is 13.2 Å². The number of rotatable bonds is 9. The molecule has 170 valence electrons. The van der Waals surface area contributed by atoms with E-state index < -0.39 is 45.3 Å². The van der Waals surface area contributed by atoms with E-state index in [-0.39, 0.29) is 35.2 Å². The molecule has 0 atom stereocenters. The van der Waals surface area contributed by atoms with Crippen LogP contribution >= 0.6 is 0 Å². The molecule has 0 spiro atoms. The maximum Gasteiger partial charge on any atom is 0.573 e. The number of sulfone groups is 1. The van der Waals surface area contributed by atoms with E-state index in [1.54, 1.807) is 6.07 Å². The van der Waals surface area contributed by atoms with Crippen molar-refractivity contribution in [1.29, 1.82) is 5.26 Å². The predicted molar refractivity (Wildman–Crippen MR) is 107 cm³/mol. The fourth-order valence-electron chi connectivity index (χ4n) is 2.93. The summed E-state index contributed by atoms with van der Waals surface area (Å²) in [5.74, 6) is -3.58. The summed E-state index contributed by atoms with van der Waals surface area (Å²) in [6, 6.07) is 10.6. The molecule has 0 aliphatic rings. The first-order valence-corrected chi connectivity index (χ1v) is 10.9. The van der Waals surface area contributed by atoms with Crippen LogP contribution in [0.25, 0.3) is 0 Å². The van der Waals surface area contributed by atoms with E-state index in [1.807, 2.05) is 0 Å². The highest BCUT2D eigenvalue weighted by molar-refractivity contribution is 7.90. The lowest BCUT2D eigenvalue weighted by Crippen LogP contribution is -2.27. The number of amides is 2. The van der Waals surface area contributed by atoms with Gasteiger partial charge in [0.05, 0.1) is 17.6 Å². The predicted octanol–water partition coefficient (Wildman–Crippen LogP) is 2.09. The molecule has 0 heterocycles. The smallest absolute Gasteiger partial charge is 0.405 e. The number of nitriles is 1. The highest BCUT2D eigenvalue weighted by Crippen LogP contribution is 2.28. The lowest BCUT2D eigenvalue weighted by atomic mass is 9.97. The number of carbonyl (C=O) groups excluding carboxylic acids is 2. The summed E-state index contributed by atoms with van der Waals surface area (Å²) in [7, 11) is -4.00. The first kappa shape index (κ1) is 24.7. The number of nitrogens with one attached hydrogen (secondary N) is 1. The van der Waals surface area contributed by atoms with Crippen LogP contribution in [0, 0.1) is 11.3 Å². The molecule has 0 fully saturated rings. The fraction of sp³-hybridized carbons (Fsp3) is 0.250. The maximum atomic E-state index is 12.6. The van der Waals surface area contributed by atoms with Gasteiger partial charge in [0.25, 0.3) is 5.91 Å². The van der Waals surface area contributed by atoms with E-state index in [9.17, 15) is 31.2 Å². The molecule has 0 radical (unpaired) electrons. The van der Waals surface area contributed by atoms with Gasteiger partial charge in [-0.2, -0.15) is 5.26 Å². The largest absolute Gasteiger partial charge is 0.573 e. The SMILES string of the molecule is N#CCNC(=O)c1cccc(C(N)=O)c1CCS(=O)(=O)Cc1ccccc1OC(F)(F)F. The van der Waals surface area contributed by atoms with Gasteiger partial charge in [-0.15, -0.1) is 13.2 Å². The highest BCUT2D eigenvalue weighted by atomic mass is 32.2. The zero-order valence-corrected chi connectivity index (χ0v) is 17.3. The van der Waals surface area contributed by atoms with Crippen molar-refractivity contribution in [3.63, 3.8) is 0 Å². The number of halogens is 3. The number of hydrogen-bond acceptors (Lipinski definition) is 6. The van der Waals surface area contributed by atoms with Crippen LogP contribution < -0.4 is 15.8 Å². The number of primary amides is 1. The van der Waals surface area contributed by atoms with Crippen LogP contribution in [-0.2, 0) is 22.0 Å². The Hall–Kier alpha value is -3.59. The van der Waals surface area contributed by atoms with Crippen LogP contribution in [0.1, 0.15) is 31.8 Å². The van der Waals surface area contributed by atoms with Crippen LogP contribution in [0.5, 0.6) is 5.75 Å². The lowest BCUT2D eigenvalue weighted by molar-refractivity contribution is -0.274. The summed E-state index contributed by atoms with van der Waals surface area (Å²) in [6.07, 6.45) is -5.30. The summed E-state index contributed by atoms with van der Waals surface area (Å²) in [4.78, 5) is 24.1. The van der Waals surface area contributed by atoms with Crippen LogP contribution in [0.3, 0.4) is 0 Å². The number of alkyl halides is 3. The van der Waals surface area contributed by atoms with E-state index >= 15 is 0 Å². The minimum absolute atomic E-state index is 0.0347. The fourth-order valence-corrected chi connectivity index (χ4v) is 4.30. The lowest BCUT2D eigenvalue weighted by Gasteiger charge is -2.15. The van der Waals surface area contributed by atoms with Crippen molar-refractivity contribution in [1.82, 2.24) is 5.32 Å². The average molecular weight is 469 g/mol. The topological polar surface area (TPSA) is 139 Å². The molecule has 12 heteroatoms. The van der Waals surface area contributed by atoms with E-state index in [0.717, 1.165) is 6.07 Å². The normalized spacial score (nSPS) is 11.4. The monoisotopic (exact) mass is 469 g/mol. The molecule has 32 heavy (non-hydrogen) atoms. The number of nitrogens with zero attached hydrogens (tertiary/aromatic N) is 1. The van der Waals surface area contributed by atoms with Crippen molar-refractivity contribution >= 4 is 21.7 Å². The standard InChI is InChI=1S/C20H18F3N3O5S/c21-20(22,23)31-17-7-2-1-4-13(17)12-32(29,30)11-8-14-15(18(25)27)5-3-6-16(14)19(28)26-10-9-24/h1-7H,8,10-12H2,(H2,25,27)(H,26,28). The van der Waals surface area contributed by atoms with E-state index in [2.05, 4.69) is 10.1 Å². The first-order chi connectivity index (χ1) is 14.9. The third kappa shape index (κ3) is 6.98. The number of nitrogens with two attached hydrogens (primary N) is 1. The maximum absolute atomic E-state index is 12.6. The Labute approximate surface area is 181 Å². The molecule has 0 saturated carbocycles. The van der Waals surface area contributed by atoms with Gasteiger partial charge in [-0.1, -0.05) is 24.3 Å². The molecular formula is C20H18F3N3O5S. The van der Waals surface area contributed by atoms with E-state index in [4.69, 9.17) is 11.0 Å². The van der Waals surface area contributed by atoms with Gasteiger partial charge >= 0.3 is 6.36 Å². The van der Waals surface area contributed by atoms with Crippen molar-refractivity contribution in [2.75, 3.05) is 12.3 Å². The van der Waals surface area contributed by atoms with Crippen LogP contribution in [0.2, 0.25) is 0 Å². The van der Waals surface area contributed by atoms with Crippen molar-refractivity contribution in [2.24, 2.45) is 5.73 Å². The molecule has 0 aromatic heterocycles. The molecule has 2 rings (SSSR count). The number of hydrogen-bond donors (Lipinski definition) is 2. The number of carbonyl (C=O) groups is 2. The Morgan fingerprint density at radius 1 is 1.09 bits per heavy atom. The molecular weight excluding hydrogens is 451 g/mol. The molecule has 2 amide bonds. The second-order valence-electron chi connectivity index (χ2n) is 6.53. The summed E-state index contributed by atoms with van der Waals surface area (Å²) < 4.78 is 66.9. The van der Waals surface area contributed by atoms with Gasteiger partial charge in [-0.05, 0) is 30.2 Å². The zero-order valence-electron chi connectivity index (χ0n) is 16.5. The summed E-state index contributed by atoms with van der Waals surface area (Å²) in [5.41, 5.74) is 5.08. The molecule has 2 aromatic carbocycles. The first-order valence-electron chi connectivity index (χ1n) is 9.04. The molecule has 0 saturated heterocycles. The summed E-state index contributed by atoms with van der Waals surface area (Å²) >= 11 is 0. The number of ether oxygens (including phenoxy) is 1. The minimum Gasteiger partial charge on any atom is -0.405 e. The zero-order chi connectivity index (χ0) is 23.9. The highest BCUT2D eigenvalue weighted by Gasteiger charge is 2.32. The number of para-hydroxylation sites is 1. The second-order valence-corrected chi connectivity index (χ2v) is 8.72. The Morgan fingerprint density at radius 2 is 1.75 bits per heavy atom. The summed E-state index contributed by atoms with van der Waals surface area (Å²) in [5, 5.41) is 10.9. The van der Waals surface area contributed by atoms with Crippen LogP contribution in [-0.4, -0.2) is 38.9 Å². The van der Waals surface area contributed by atoms with Gasteiger partial charge in [-0.3, -0.25) is 9.59 Å². The van der Waals surface area contributed by atoms with Crippen molar-refractivity contribution < 1.29 is 35.9 Å². The molecule has 0 unspecified atom stereocenters. The van der Waals surface area contributed by atoms with Crippen molar-refractivity contribution in [3.05, 3.63) is 64.7 Å². The Balaban J connectivity index is 2.29. The summed E-state index contributed by atoms with van der Waals surface area (Å²) in [6.45, 7) is -0.312. The minimum atomic E-state index is -4.99. The van der Waals surface area contributed by atoms with Gasteiger partial charge in [0, 0.05) is 16.7 Å². The van der Waals surface area contributed by atoms with Crippen molar-refractivity contribution in [2.45, 2.75) is 18.5 Å². The van der Waals surface area contributed by atoms with Crippen LogP contribution in [0.15, 0.2) is 42.5 Å². The third-order valence-electron chi connectivity index (χ3n) is 4.25. The molecule has 2 aromatic rings. The Bertz CT molecular complexity index is 1160. The van der Waals surface area contributed by atoms with Crippen molar-refractivity contribution in [3.8, 4) is 11.8 Å². The molecule has 8 nitrogen and oxygen atoms in total. The van der Waals surface area contributed by atoms with Gasteiger partial charge in [0.2, 0.25) is 5.91 Å². The van der Waals surface area contributed by atoms with Gasteiger partial charge < -0.3 is 15.8 Å². The van der Waals surface area contributed by atoms with E-state index in [0.29, 0.717) is 0 Å². The quantitative estimate of drug-likeness (QED) is 0.539. The van der Waals surface area contributed by atoms with Gasteiger partial charge in [0.1, 0.15) is 12.3 Å². The van der Waals surface area contributed by atoms with Gasteiger partial charge in [-0.25, -0.2) is 8.42 Å². The second kappa shape index (κ2) is 10.1. The molecule has 0 aliphatic carbocycles. The van der Waals surface area contributed by atoms with Gasteiger partial charge in [0.15, 0.2) is 9.84 Å². The third-order valence-corrected chi connectivity index (χ3v) is 5.83.